The Kier molecular flexibility index (Phi) is 4.04. The molecule has 6 nitrogen and oxygen atoms in total. The van der Waals surface area contributed by atoms with Crippen molar-refractivity contribution < 1.29 is 9.59 Å². The number of pyridine rings is 1. The van der Waals surface area contributed by atoms with Crippen LogP contribution in [0, 0.1) is 6.92 Å². The van der Waals surface area contributed by atoms with E-state index in [2.05, 4.69) is 10.3 Å². The van der Waals surface area contributed by atoms with Crippen LogP contribution in [0.2, 0.25) is 0 Å². The highest BCUT2D eigenvalue weighted by molar-refractivity contribution is 6.08. The molecule has 3 aromatic rings. The smallest absolute Gasteiger partial charge is 0.255 e. The van der Waals surface area contributed by atoms with E-state index in [4.69, 9.17) is 5.73 Å². The number of aryl methyl sites for hydroxylation is 2. The maximum Gasteiger partial charge on any atom is 0.255 e. The monoisotopic (exact) mass is 322 g/mol. The maximum atomic E-state index is 12.3. The number of anilines is 1. The van der Waals surface area contributed by atoms with E-state index in [1.54, 1.807) is 30.6 Å². The van der Waals surface area contributed by atoms with Gasteiger partial charge in [-0.1, -0.05) is 17.7 Å². The Balaban J connectivity index is 1.95. The van der Waals surface area contributed by atoms with E-state index in [9.17, 15) is 9.59 Å². The van der Waals surface area contributed by atoms with Crippen molar-refractivity contribution in [1.82, 2.24) is 9.55 Å². The van der Waals surface area contributed by atoms with Crippen LogP contribution in [-0.4, -0.2) is 21.4 Å². The molecule has 0 saturated carbocycles. The van der Waals surface area contributed by atoms with E-state index in [0.29, 0.717) is 34.4 Å². The van der Waals surface area contributed by atoms with Gasteiger partial charge in [0.2, 0.25) is 0 Å². The lowest BCUT2D eigenvalue weighted by Crippen LogP contribution is -2.12. The SMILES string of the molecule is CCn1cc(C(N)=O)c2cc(NC(=O)c3ccc(C)cc3)cnc21. The number of rotatable bonds is 4. The predicted molar refractivity (Wildman–Crippen MR) is 93.1 cm³/mol. The predicted octanol–water partition coefficient (Wildman–Crippen LogP) is 2.72. The van der Waals surface area contributed by atoms with Gasteiger partial charge in [-0.05, 0) is 32.0 Å². The minimum absolute atomic E-state index is 0.230. The van der Waals surface area contributed by atoms with Gasteiger partial charge >= 0.3 is 0 Å². The van der Waals surface area contributed by atoms with Crippen molar-refractivity contribution >= 4 is 28.5 Å². The molecule has 0 aliphatic carbocycles. The van der Waals surface area contributed by atoms with E-state index >= 15 is 0 Å². The van der Waals surface area contributed by atoms with Crippen LogP contribution >= 0.6 is 0 Å². The molecule has 122 valence electrons. The van der Waals surface area contributed by atoms with Gasteiger partial charge in [0, 0.05) is 23.7 Å². The molecule has 0 fully saturated rings. The molecule has 1 aromatic carbocycles. The molecular weight excluding hydrogens is 304 g/mol. The lowest BCUT2D eigenvalue weighted by molar-refractivity contribution is 0.0999. The second-order valence-electron chi connectivity index (χ2n) is 5.61. The summed E-state index contributed by atoms with van der Waals surface area (Å²) in [5.41, 5.74) is 8.66. The van der Waals surface area contributed by atoms with Crippen molar-refractivity contribution in [3.63, 3.8) is 0 Å². The van der Waals surface area contributed by atoms with Gasteiger partial charge in [0.1, 0.15) is 5.65 Å². The van der Waals surface area contributed by atoms with Crippen LogP contribution in [0.1, 0.15) is 33.2 Å². The quantitative estimate of drug-likeness (QED) is 0.774. The van der Waals surface area contributed by atoms with E-state index in [-0.39, 0.29) is 5.91 Å². The summed E-state index contributed by atoms with van der Waals surface area (Å²) in [5.74, 6) is -0.747. The lowest BCUT2D eigenvalue weighted by atomic mass is 10.1. The molecule has 0 spiro atoms. The molecular formula is C18H18N4O2. The summed E-state index contributed by atoms with van der Waals surface area (Å²) in [7, 11) is 0. The number of carbonyl (C=O) groups excluding carboxylic acids is 2. The number of benzene rings is 1. The summed E-state index contributed by atoms with van der Waals surface area (Å²) in [5, 5.41) is 3.43. The van der Waals surface area contributed by atoms with Gasteiger partial charge in [0.15, 0.2) is 0 Å². The highest BCUT2D eigenvalue weighted by Gasteiger charge is 2.15. The molecule has 2 amide bonds. The van der Waals surface area contributed by atoms with E-state index in [1.165, 1.54) is 0 Å². The number of nitrogens with two attached hydrogens (primary N) is 1. The summed E-state index contributed by atoms with van der Waals surface area (Å²) in [4.78, 5) is 28.3. The molecule has 2 heterocycles. The number of hydrogen-bond donors (Lipinski definition) is 2. The fourth-order valence-electron chi connectivity index (χ4n) is 2.59. The second kappa shape index (κ2) is 6.16. The fraction of sp³-hybridized carbons (Fsp3) is 0.167. The Hall–Kier alpha value is -3.15. The average molecular weight is 322 g/mol. The minimum Gasteiger partial charge on any atom is -0.366 e. The van der Waals surface area contributed by atoms with Gasteiger partial charge in [0.25, 0.3) is 11.8 Å². The molecule has 3 rings (SSSR count). The molecule has 0 saturated heterocycles. The van der Waals surface area contributed by atoms with Gasteiger partial charge in [0.05, 0.1) is 17.4 Å². The largest absolute Gasteiger partial charge is 0.366 e. The topological polar surface area (TPSA) is 90.0 Å². The van der Waals surface area contributed by atoms with Crippen LogP contribution in [0.25, 0.3) is 11.0 Å². The zero-order valence-corrected chi connectivity index (χ0v) is 13.5. The summed E-state index contributed by atoms with van der Waals surface area (Å²) in [6.07, 6.45) is 3.26. The third-order valence-corrected chi connectivity index (χ3v) is 3.89. The van der Waals surface area contributed by atoms with Gasteiger partial charge in [-0.2, -0.15) is 0 Å². The minimum atomic E-state index is -0.518. The second-order valence-corrected chi connectivity index (χ2v) is 5.61. The fourth-order valence-corrected chi connectivity index (χ4v) is 2.59. The molecule has 0 aliphatic heterocycles. The number of aromatic nitrogens is 2. The van der Waals surface area contributed by atoms with Crippen LogP contribution < -0.4 is 11.1 Å². The molecule has 0 aliphatic rings. The zero-order valence-electron chi connectivity index (χ0n) is 13.5. The van der Waals surface area contributed by atoms with Crippen molar-refractivity contribution in [3.8, 4) is 0 Å². The first-order valence-electron chi connectivity index (χ1n) is 7.66. The molecule has 24 heavy (non-hydrogen) atoms. The van der Waals surface area contributed by atoms with Crippen molar-refractivity contribution in [1.29, 1.82) is 0 Å². The summed E-state index contributed by atoms with van der Waals surface area (Å²) in [6.45, 7) is 4.59. The van der Waals surface area contributed by atoms with E-state index in [0.717, 1.165) is 5.56 Å². The van der Waals surface area contributed by atoms with Crippen LogP contribution in [0.3, 0.4) is 0 Å². The first kappa shape index (κ1) is 15.7. The van der Waals surface area contributed by atoms with Gasteiger partial charge in [-0.3, -0.25) is 9.59 Å². The Morgan fingerprint density at radius 3 is 2.58 bits per heavy atom. The molecule has 0 bridgehead atoms. The first-order chi connectivity index (χ1) is 11.5. The standard InChI is InChI=1S/C18H18N4O2/c1-3-22-10-15(16(19)23)14-8-13(9-20-17(14)22)21-18(24)12-6-4-11(2)5-7-12/h4-10H,3H2,1-2H3,(H2,19,23)(H,21,24). The Bertz CT molecular complexity index is 926. The molecule has 6 heteroatoms. The Morgan fingerprint density at radius 2 is 1.96 bits per heavy atom. The Labute approximate surface area is 139 Å². The van der Waals surface area contributed by atoms with E-state index in [1.807, 2.05) is 30.5 Å². The van der Waals surface area contributed by atoms with Crippen LogP contribution in [0.4, 0.5) is 5.69 Å². The first-order valence-corrected chi connectivity index (χ1v) is 7.66. The summed E-state index contributed by atoms with van der Waals surface area (Å²) >= 11 is 0. The van der Waals surface area contributed by atoms with Crippen molar-refractivity contribution in [2.24, 2.45) is 5.73 Å². The summed E-state index contributed by atoms with van der Waals surface area (Å²) < 4.78 is 1.85. The van der Waals surface area contributed by atoms with Crippen LogP contribution in [0.15, 0.2) is 42.7 Å². The average Bonchev–Trinajstić information content (AvgIpc) is 2.93. The summed E-state index contributed by atoms with van der Waals surface area (Å²) in [6, 6.07) is 9.00. The molecule has 0 atom stereocenters. The number of hydrogen-bond acceptors (Lipinski definition) is 3. The number of amides is 2. The lowest BCUT2D eigenvalue weighted by Gasteiger charge is -2.06. The highest BCUT2D eigenvalue weighted by atomic mass is 16.2. The molecule has 0 radical (unpaired) electrons. The number of nitrogens with one attached hydrogen (secondary N) is 1. The molecule has 2 aromatic heterocycles. The van der Waals surface area contributed by atoms with Crippen LogP contribution in [0.5, 0.6) is 0 Å². The number of carbonyl (C=O) groups is 2. The van der Waals surface area contributed by atoms with Crippen molar-refractivity contribution in [3.05, 3.63) is 59.4 Å². The highest BCUT2D eigenvalue weighted by Crippen LogP contribution is 2.23. The van der Waals surface area contributed by atoms with Crippen molar-refractivity contribution in [2.75, 3.05) is 5.32 Å². The third kappa shape index (κ3) is 2.86. The maximum absolute atomic E-state index is 12.3. The number of nitrogens with zero attached hydrogens (tertiary/aromatic N) is 2. The molecule has 0 unspecified atom stereocenters. The Morgan fingerprint density at radius 1 is 1.25 bits per heavy atom. The van der Waals surface area contributed by atoms with Gasteiger partial charge in [-0.15, -0.1) is 0 Å². The normalized spacial score (nSPS) is 10.8. The van der Waals surface area contributed by atoms with E-state index < -0.39 is 5.91 Å². The molecule has 3 N–H and O–H groups in total. The van der Waals surface area contributed by atoms with Gasteiger partial charge < -0.3 is 15.6 Å². The van der Waals surface area contributed by atoms with Gasteiger partial charge in [-0.25, -0.2) is 4.98 Å². The zero-order chi connectivity index (χ0) is 17.3. The van der Waals surface area contributed by atoms with Crippen LogP contribution in [-0.2, 0) is 6.54 Å². The third-order valence-electron chi connectivity index (χ3n) is 3.89. The number of fused-ring (bicyclic) bond motifs is 1. The van der Waals surface area contributed by atoms with Crippen molar-refractivity contribution in [2.45, 2.75) is 20.4 Å². The number of primary amides is 1.